The number of nitrogens with zero attached hydrogens (tertiary/aromatic N) is 4. The van der Waals surface area contributed by atoms with Crippen LogP contribution in [0.25, 0.3) is 11.4 Å². The summed E-state index contributed by atoms with van der Waals surface area (Å²) in [4.78, 5) is 28.5. The Morgan fingerprint density at radius 1 is 0.976 bits per heavy atom. The van der Waals surface area contributed by atoms with Crippen LogP contribution in [0.5, 0.6) is 5.75 Å². The lowest BCUT2D eigenvalue weighted by Gasteiger charge is -2.19. The van der Waals surface area contributed by atoms with Gasteiger partial charge in [-0.15, -0.1) is 0 Å². The molecule has 3 aromatic carbocycles. The quantitative estimate of drug-likeness (QED) is 0.214. The molecule has 0 spiro atoms. The summed E-state index contributed by atoms with van der Waals surface area (Å²) in [5.74, 6) is 1.43. The second kappa shape index (κ2) is 13.5. The zero-order valence-corrected chi connectivity index (χ0v) is 25.0. The van der Waals surface area contributed by atoms with Crippen LogP contribution in [0.1, 0.15) is 60.1 Å². The van der Waals surface area contributed by atoms with Gasteiger partial charge in [-0.05, 0) is 67.4 Å². The van der Waals surface area contributed by atoms with Crippen molar-refractivity contribution in [1.29, 1.82) is 0 Å². The van der Waals surface area contributed by atoms with Gasteiger partial charge >= 0.3 is 0 Å². The Morgan fingerprint density at radius 3 is 2.33 bits per heavy atom. The molecule has 1 heterocycles. The fourth-order valence-corrected chi connectivity index (χ4v) is 4.49. The molecule has 0 saturated carbocycles. The summed E-state index contributed by atoms with van der Waals surface area (Å²) in [5, 5.41) is 13.2. The van der Waals surface area contributed by atoms with Crippen molar-refractivity contribution < 1.29 is 14.6 Å². The maximum Gasteiger partial charge on any atom is 0.255 e. The maximum absolute atomic E-state index is 13.1. The fraction of sp³-hybridized carbons (Fsp3) is 0.333. The smallest absolute Gasteiger partial charge is 0.255 e. The van der Waals surface area contributed by atoms with Gasteiger partial charge in [-0.2, -0.15) is 9.97 Å². The van der Waals surface area contributed by atoms with Crippen LogP contribution in [0.15, 0.2) is 66.7 Å². The van der Waals surface area contributed by atoms with Crippen LogP contribution in [0, 0.1) is 0 Å². The van der Waals surface area contributed by atoms with Gasteiger partial charge in [0.2, 0.25) is 5.95 Å². The van der Waals surface area contributed by atoms with Crippen molar-refractivity contribution in [3.8, 4) is 17.1 Å². The highest BCUT2D eigenvalue weighted by Gasteiger charge is 2.18. The van der Waals surface area contributed by atoms with Crippen molar-refractivity contribution in [2.45, 2.75) is 45.6 Å². The fourth-order valence-electron chi connectivity index (χ4n) is 4.49. The number of carbonyl (C=O) groups is 1. The number of rotatable bonds is 11. The van der Waals surface area contributed by atoms with Crippen LogP contribution in [-0.2, 0) is 18.4 Å². The summed E-state index contributed by atoms with van der Waals surface area (Å²) < 4.78 is 5.83. The Hall–Kier alpha value is -4.34. The van der Waals surface area contributed by atoms with Crippen LogP contribution >= 0.6 is 0 Å². The number of aromatic nitrogens is 3. The van der Waals surface area contributed by atoms with Crippen LogP contribution in [0.4, 0.5) is 11.6 Å². The van der Waals surface area contributed by atoms with Crippen molar-refractivity contribution in [3.63, 3.8) is 0 Å². The number of nitrogens with one attached hydrogen (secondary N) is 1. The highest BCUT2D eigenvalue weighted by molar-refractivity contribution is 6.05. The monoisotopic (exact) mass is 568 g/mol. The number of benzene rings is 3. The van der Waals surface area contributed by atoms with E-state index in [1.807, 2.05) is 50.5 Å². The van der Waals surface area contributed by atoms with Crippen molar-refractivity contribution in [2.75, 3.05) is 38.3 Å². The lowest BCUT2D eigenvalue weighted by Crippen LogP contribution is -2.15. The molecule has 1 amide bonds. The van der Waals surface area contributed by atoms with E-state index in [4.69, 9.17) is 10.5 Å². The third-order valence-electron chi connectivity index (χ3n) is 6.84. The van der Waals surface area contributed by atoms with E-state index in [1.54, 1.807) is 30.3 Å². The molecule has 220 valence electrons. The number of nitrogens with two attached hydrogens (primary N) is 1. The Labute approximate surface area is 247 Å². The van der Waals surface area contributed by atoms with E-state index in [9.17, 15) is 9.90 Å². The van der Waals surface area contributed by atoms with Crippen LogP contribution in [0.2, 0.25) is 0 Å². The largest absolute Gasteiger partial charge is 0.494 e. The zero-order valence-electron chi connectivity index (χ0n) is 25.0. The first kappa shape index (κ1) is 30.6. The molecule has 0 aliphatic rings. The average molecular weight is 569 g/mol. The molecule has 0 bridgehead atoms. The Bertz CT molecular complexity index is 1500. The topological polar surface area (TPSA) is 126 Å². The number of aliphatic hydroxyl groups excluding tert-OH is 1. The van der Waals surface area contributed by atoms with Crippen molar-refractivity contribution in [2.24, 2.45) is 0 Å². The number of nitrogen functional groups attached to an aromatic ring is 1. The van der Waals surface area contributed by atoms with E-state index in [1.165, 1.54) is 0 Å². The first-order valence-corrected chi connectivity index (χ1v) is 14.1. The van der Waals surface area contributed by atoms with E-state index < -0.39 is 0 Å². The number of aliphatic hydroxyl groups is 1. The van der Waals surface area contributed by atoms with Gasteiger partial charge in [0, 0.05) is 35.3 Å². The average Bonchev–Trinajstić information content (AvgIpc) is 2.95. The minimum absolute atomic E-state index is 0.0118. The number of amides is 1. The zero-order chi connectivity index (χ0) is 30.3. The minimum atomic E-state index is -0.328. The second-order valence-electron chi connectivity index (χ2n) is 11.5. The molecule has 0 atom stereocenters. The van der Waals surface area contributed by atoms with E-state index in [0.29, 0.717) is 47.1 Å². The molecule has 4 N–H and O–H groups in total. The van der Waals surface area contributed by atoms with Gasteiger partial charge in [0.25, 0.3) is 5.91 Å². The third-order valence-corrected chi connectivity index (χ3v) is 6.84. The van der Waals surface area contributed by atoms with Crippen molar-refractivity contribution in [1.82, 2.24) is 19.9 Å². The molecule has 9 heteroatoms. The first-order valence-electron chi connectivity index (χ1n) is 14.1. The van der Waals surface area contributed by atoms with Gasteiger partial charge in [-0.25, -0.2) is 4.98 Å². The molecular formula is C33H40N6O3. The number of hydrogen-bond donors (Lipinski definition) is 3. The van der Waals surface area contributed by atoms with Gasteiger partial charge in [-0.1, -0.05) is 57.2 Å². The Balaban J connectivity index is 1.51. The molecule has 1 aromatic heterocycles. The summed E-state index contributed by atoms with van der Waals surface area (Å²) >= 11 is 0. The van der Waals surface area contributed by atoms with E-state index in [-0.39, 0.29) is 23.9 Å². The number of ether oxygens (including phenoxy) is 1. The second-order valence-corrected chi connectivity index (χ2v) is 11.5. The SMILES string of the molecule is CN(C)CCCOc1ccc(Cc2nc(N)nc(-c3cccc(NC(=O)c4ccc(C(C)(C)C)cc4)c3CO)n2)cc1. The van der Waals surface area contributed by atoms with Crippen molar-refractivity contribution >= 4 is 17.5 Å². The molecule has 4 aromatic rings. The predicted octanol–water partition coefficient (Wildman–Crippen LogP) is 5.08. The molecule has 0 aliphatic heterocycles. The summed E-state index contributed by atoms with van der Waals surface area (Å²) in [7, 11) is 4.09. The van der Waals surface area contributed by atoms with Gasteiger partial charge in [0.15, 0.2) is 5.82 Å². The first-order chi connectivity index (χ1) is 20.0. The van der Waals surface area contributed by atoms with Crippen LogP contribution in [0.3, 0.4) is 0 Å². The predicted molar refractivity (Wildman–Crippen MR) is 167 cm³/mol. The molecule has 9 nitrogen and oxygen atoms in total. The lowest BCUT2D eigenvalue weighted by molar-refractivity contribution is 0.102. The summed E-state index contributed by atoms with van der Waals surface area (Å²) in [6.07, 6.45) is 1.39. The van der Waals surface area contributed by atoms with Gasteiger partial charge in [-0.3, -0.25) is 4.79 Å². The molecule has 0 saturated heterocycles. The number of hydrogen-bond acceptors (Lipinski definition) is 8. The van der Waals surface area contributed by atoms with Crippen molar-refractivity contribution in [3.05, 3.63) is 94.8 Å². The molecular weight excluding hydrogens is 528 g/mol. The molecule has 0 fully saturated rings. The number of anilines is 2. The molecule has 4 rings (SSSR count). The van der Waals surface area contributed by atoms with Gasteiger partial charge in [0.1, 0.15) is 11.6 Å². The van der Waals surface area contributed by atoms with E-state index in [2.05, 4.69) is 45.9 Å². The third kappa shape index (κ3) is 8.11. The molecule has 0 radical (unpaired) electrons. The minimum Gasteiger partial charge on any atom is -0.494 e. The standard InChI is InChI=1S/C33H40N6O3/c1-33(2,3)24-14-12-23(13-15-24)31(41)35-28-9-6-8-26(27(28)21-40)30-36-29(37-32(34)38-30)20-22-10-16-25(17-11-22)42-19-7-18-39(4)5/h6,8-17,40H,7,18-21H2,1-5H3,(H,35,41)(H2,34,36,37,38). The van der Waals surface area contributed by atoms with Crippen LogP contribution in [-0.4, -0.2) is 58.1 Å². The summed E-state index contributed by atoms with van der Waals surface area (Å²) in [6, 6.07) is 20.7. The number of carbonyl (C=O) groups excluding carboxylic acids is 1. The maximum atomic E-state index is 13.1. The highest BCUT2D eigenvalue weighted by Crippen LogP contribution is 2.29. The van der Waals surface area contributed by atoms with Gasteiger partial charge < -0.3 is 25.8 Å². The molecule has 0 aliphatic carbocycles. The Morgan fingerprint density at radius 2 is 1.69 bits per heavy atom. The molecule has 42 heavy (non-hydrogen) atoms. The summed E-state index contributed by atoms with van der Waals surface area (Å²) in [5.41, 5.74) is 10.2. The highest BCUT2D eigenvalue weighted by atomic mass is 16.5. The normalized spacial score (nSPS) is 11.5. The lowest BCUT2D eigenvalue weighted by atomic mass is 9.86. The molecule has 0 unspecified atom stereocenters. The van der Waals surface area contributed by atoms with Crippen LogP contribution < -0.4 is 15.8 Å². The summed E-state index contributed by atoms with van der Waals surface area (Å²) in [6.45, 7) is 7.68. The van der Waals surface area contributed by atoms with E-state index in [0.717, 1.165) is 29.8 Å². The Kier molecular flexibility index (Phi) is 9.88. The van der Waals surface area contributed by atoms with E-state index >= 15 is 0 Å². The van der Waals surface area contributed by atoms with Gasteiger partial charge in [0.05, 0.1) is 13.2 Å².